The van der Waals surface area contributed by atoms with Crippen molar-refractivity contribution in [2.24, 2.45) is 0 Å². The van der Waals surface area contributed by atoms with Gasteiger partial charge < -0.3 is 15.8 Å². The molecule has 0 radical (unpaired) electrons. The molecule has 2 atom stereocenters. The summed E-state index contributed by atoms with van der Waals surface area (Å²) in [6.45, 7) is 0. The van der Waals surface area contributed by atoms with Gasteiger partial charge in [0.2, 0.25) is 11.9 Å². The molecule has 3 N–H and O–H groups in total. The zero-order valence-corrected chi connectivity index (χ0v) is 13.4. The molecular formula is C18H19N5O. The summed E-state index contributed by atoms with van der Waals surface area (Å²) >= 11 is 0. The molecule has 1 aromatic heterocycles. The number of hydrogen-bond acceptors (Lipinski definition) is 5. The van der Waals surface area contributed by atoms with Crippen LogP contribution in [0.15, 0.2) is 54.6 Å². The molecule has 6 heteroatoms. The van der Waals surface area contributed by atoms with Crippen molar-refractivity contribution < 1.29 is 4.74 Å². The van der Waals surface area contributed by atoms with E-state index in [0.717, 1.165) is 17.7 Å². The Morgan fingerprint density at radius 1 is 1.12 bits per heavy atom. The van der Waals surface area contributed by atoms with Crippen molar-refractivity contribution in [3.8, 4) is 5.75 Å². The van der Waals surface area contributed by atoms with Crippen molar-refractivity contribution in [2.75, 3.05) is 18.2 Å². The summed E-state index contributed by atoms with van der Waals surface area (Å²) in [5, 5.41) is 7.81. The van der Waals surface area contributed by atoms with E-state index >= 15 is 0 Å². The molecule has 24 heavy (non-hydrogen) atoms. The highest BCUT2D eigenvalue weighted by atomic mass is 16.5. The third kappa shape index (κ3) is 2.56. The molecular weight excluding hydrogens is 302 g/mol. The normalized spacial score (nSPS) is 19.4. The lowest BCUT2D eigenvalue weighted by atomic mass is 9.93. The van der Waals surface area contributed by atoms with Gasteiger partial charge in [-0.05, 0) is 29.7 Å². The van der Waals surface area contributed by atoms with Gasteiger partial charge in [0.25, 0.3) is 0 Å². The van der Waals surface area contributed by atoms with E-state index in [1.807, 2.05) is 41.1 Å². The standard InChI is InChI=1S/C18H19N5O/c1-24-14-9-5-8-13(10-14)16-11-15(12-6-3-2-4-7-12)20-18-21-17(19)22-23(16)18/h2-10,15-16H,11H2,1H3,(H3,19,20,21,22)/t15-,16+/m1/s1. The SMILES string of the molecule is COc1cccc([C@@H]2C[C@H](c3ccccc3)Nc3nc(N)nn32)c1. The Labute approximate surface area is 140 Å². The van der Waals surface area contributed by atoms with Gasteiger partial charge in [-0.1, -0.05) is 42.5 Å². The van der Waals surface area contributed by atoms with Crippen molar-refractivity contribution in [1.82, 2.24) is 14.8 Å². The van der Waals surface area contributed by atoms with Crippen molar-refractivity contribution in [3.05, 3.63) is 65.7 Å². The van der Waals surface area contributed by atoms with E-state index in [0.29, 0.717) is 5.95 Å². The average Bonchev–Trinajstić information content (AvgIpc) is 3.01. The summed E-state index contributed by atoms with van der Waals surface area (Å²) in [5.41, 5.74) is 8.18. The van der Waals surface area contributed by atoms with E-state index in [-0.39, 0.29) is 18.0 Å². The maximum atomic E-state index is 5.83. The van der Waals surface area contributed by atoms with Gasteiger partial charge in [0.15, 0.2) is 0 Å². The lowest BCUT2D eigenvalue weighted by molar-refractivity contribution is 0.407. The highest BCUT2D eigenvalue weighted by molar-refractivity contribution is 5.42. The fourth-order valence-electron chi connectivity index (χ4n) is 3.22. The number of methoxy groups -OCH3 is 1. The summed E-state index contributed by atoms with van der Waals surface area (Å²) in [7, 11) is 1.67. The molecule has 0 fully saturated rings. The van der Waals surface area contributed by atoms with Crippen LogP contribution in [0, 0.1) is 0 Å². The van der Waals surface area contributed by atoms with E-state index in [2.05, 4.69) is 33.6 Å². The lowest BCUT2D eigenvalue weighted by Crippen LogP contribution is -2.28. The maximum absolute atomic E-state index is 5.83. The second-order valence-corrected chi connectivity index (χ2v) is 5.87. The topological polar surface area (TPSA) is 78.0 Å². The number of fused-ring (bicyclic) bond motifs is 1. The minimum absolute atomic E-state index is 0.0476. The third-order valence-electron chi connectivity index (χ3n) is 4.39. The number of anilines is 2. The Morgan fingerprint density at radius 2 is 1.92 bits per heavy atom. The van der Waals surface area contributed by atoms with Crippen LogP contribution in [-0.2, 0) is 0 Å². The predicted molar refractivity (Wildman–Crippen MR) is 93.0 cm³/mol. The summed E-state index contributed by atoms with van der Waals surface area (Å²) in [4.78, 5) is 4.33. The number of ether oxygens (including phenoxy) is 1. The van der Waals surface area contributed by atoms with Crippen LogP contribution in [0.4, 0.5) is 11.9 Å². The maximum Gasteiger partial charge on any atom is 0.241 e. The number of nitrogens with two attached hydrogens (primary N) is 1. The van der Waals surface area contributed by atoms with E-state index in [1.165, 1.54) is 5.56 Å². The number of aromatic nitrogens is 3. The molecule has 4 rings (SSSR count). The highest BCUT2D eigenvalue weighted by Crippen LogP contribution is 2.38. The van der Waals surface area contributed by atoms with Crippen molar-refractivity contribution in [2.45, 2.75) is 18.5 Å². The molecule has 6 nitrogen and oxygen atoms in total. The second kappa shape index (κ2) is 5.88. The van der Waals surface area contributed by atoms with E-state index < -0.39 is 0 Å². The molecule has 3 aromatic rings. The Hall–Kier alpha value is -3.02. The van der Waals surface area contributed by atoms with Crippen molar-refractivity contribution >= 4 is 11.9 Å². The number of nitrogen functional groups attached to an aromatic ring is 1. The lowest BCUT2D eigenvalue weighted by Gasteiger charge is -2.31. The van der Waals surface area contributed by atoms with Gasteiger partial charge in [-0.15, -0.1) is 5.10 Å². The Kier molecular flexibility index (Phi) is 3.57. The first-order valence-electron chi connectivity index (χ1n) is 7.92. The predicted octanol–water partition coefficient (Wildman–Crippen LogP) is 3.02. The highest BCUT2D eigenvalue weighted by Gasteiger charge is 2.30. The van der Waals surface area contributed by atoms with Crippen molar-refractivity contribution in [3.63, 3.8) is 0 Å². The van der Waals surface area contributed by atoms with Crippen LogP contribution in [0.25, 0.3) is 0 Å². The number of rotatable bonds is 3. The summed E-state index contributed by atoms with van der Waals surface area (Å²) in [6.07, 6.45) is 0.854. The van der Waals surface area contributed by atoms with Gasteiger partial charge in [-0.25, -0.2) is 4.68 Å². The molecule has 0 saturated carbocycles. The first kappa shape index (κ1) is 14.6. The summed E-state index contributed by atoms with van der Waals surface area (Å²) in [6, 6.07) is 18.6. The van der Waals surface area contributed by atoms with Gasteiger partial charge in [0.05, 0.1) is 19.2 Å². The van der Waals surface area contributed by atoms with Crippen LogP contribution in [0.2, 0.25) is 0 Å². The number of benzene rings is 2. The Bertz CT molecular complexity index is 846. The molecule has 1 aliphatic heterocycles. The molecule has 2 heterocycles. The van der Waals surface area contributed by atoms with E-state index in [1.54, 1.807) is 7.11 Å². The van der Waals surface area contributed by atoms with Crippen molar-refractivity contribution in [1.29, 1.82) is 0 Å². The van der Waals surface area contributed by atoms with E-state index in [4.69, 9.17) is 10.5 Å². The van der Waals surface area contributed by atoms with Crippen LogP contribution in [0.5, 0.6) is 5.75 Å². The Balaban J connectivity index is 1.76. The monoisotopic (exact) mass is 321 g/mol. The first-order valence-corrected chi connectivity index (χ1v) is 7.92. The minimum Gasteiger partial charge on any atom is -0.497 e. The quantitative estimate of drug-likeness (QED) is 0.775. The zero-order valence-electron chi connectivity index (χ0n) is 13.4. The average molecular weight is 321 g/mol. The number of nitrogens with zero attached hydrogens (tertiary/aromatic N) is 3. The molecule has 0 bridgehead atoms. The molecule has 2 aromatic carbocycles. The number of hydrogen-bond donors (Lipinski definition) is 2. The largest absolute Gasteiger partial charge is 0.497 e. The number of nitrogens with one attached hydrogen (secondary N) is 1. The molecule has 0 spiro atoms. The second-order valence-electron chi connectivity index (χ2n) is 5.87. The van der Waals surface area contributed by atoms with E-state index in [9.17, 15) is 0 Å². The molecule has 0 amide bonds. The van der Waals surface area contributed by atoms with Gasteiger partial charge in [-0.3, -0.25) is 0 Å². The Morgan fingerprint density at radius 3 is 2.71 bits per heavy atom. The van der Waals surface area contributed by atoms with Gasteiger partial charge in [0, 0.05) is 0 Å². The summed E-state index contributed by atoms with van der Waals surface area (Å²) in [5.74, 6) is 1.80. The van der Waals surface area contributed by atoms with Crippen LogP contribution < -0.4 is 15.8 Å². The van der Waals surface area contributed by atoms with Crippen LogP contribution in [0.3, 0.4) is 0 Å². The molecule has 1 aliphatic rings. The summed E-state index contributed by atoms with van der Waals surface area (Å²) < 4.78 is 7.23. The smallest absolute Gasteiger partial charge is 0.241 e. The van der Waals surface area contributed by atoms with Crippen LogP contribution in [0.1, 0.15) is 29.6 Å². The van der Waals surface area contributed by atoms with Crippen LogP contribution in [-0.4, -0.2) is 21.9 Å². The molecule has 0 aliphatic carbocycles. The first-order chi connectivity index (χ1) is 11.7. The van der Waals surface area contributed by atoms with Gasteiger partial charge >= 0.3 is 0 Å². The fourth-order valence-corrected chi connectivity index (χ4v) is 3.22. The minimum atomic E-state index is 0.0476. The molecule has 122 valence electrons. The molecule has 0 unspecified atom stereocenters. The fraction of sp³-hybridized carbons (Fsp3) is 0.222. The van der Waals surface area contributed by atoms with Gasteiger partial charge in [-0.2, -0.15) is 4.98 Å². The zero-order chi connectivity index (χ0) is 16.5. The van der Waals surface area contributed by atoms with Crippen LogP contribution >= 0.6 is 0 Å². The molecule has 0 saturated heterocycles. The van der Waals surface area contributed by atoms with Gasteiger partial charge in [0.1, 0.15) is 5.75 Å². The third-order valence-corrected chi connectivity index (χ3v) is 4.39.